The summed E-state index contributed by atoms with van der Waals surface area (Å²) in [6.45, 7) is -0.0112. The number of halogens is 1. The van der Waals surface area contributed by atoms with Crippen LogP contribution in [-0.2, 0) is 19.6 Å². The number of ether oxygens (including phenoxy) is 1. The summed E-state index contributed by atoms with van der Waals surface area (Å²) in [6, 6.07) is 1.69. The van der Waals surface area contributed by atoms with Gasteiger partial charge in [0.1, 0.15) is 16.7 Å². The number of carbonyl (C=O) groups excluding carboxylic acids is 2. The van der Waals surface area contributed by atoms with Gasteiger partial charge in [0, 0.05) is 12.6 Å². The van der Waals surface area contributed by atoms with Crippen LogP contribution in [0.25, 0.3) is 0 Å². The van der Waals surface area contributed by atoms with Gasteiger partial charge in [0.15, 0.2) is 6.61 Å². The maximum Gasteiger partial charge on any atom is 0.262 e. The van der Waals surface area contributed by atoms with Crippen LogP contribution in [0.5, 0.6) is 5.75 Å². The Labute approximate surface area is 143 Å². The quantitative estimate of drug-likeness (QED) is 0.808. The second kappa shape index (κ2) is 6.23. The molecule has 3 rings (SSSR count). The number of amides is 2. The van der Waals surface area contributed by atoms with Crippen molar-refractivity contribution < 1.29 is 22.7 Å². The highest BCUT2D eigenvalue weighted by Gasteiger charge is 2.38. The summed E-state index contributed by atoms with van der Waals surface area (Å²) < 4.78 is 32.3. The van der Waals surface area contributed by atoms with Crippen molar-refractivity contribution in [1.29, 1.82) is 0 Å². The molecule has 8 nitrogen and oxygen atoms in total. The molecule has 0 radical (unpaired) electrons. The summed E-state index contributed by atoms with van der Waals surface area (Å²) in [7, 11) is -4.03. The van der Waals surface area contributed by atoms with Crippen LogP contribution in [-0.4, -0.2) is 43.7 Å². The van der Waals surface area contributed by atoms with E-state index in [1.54, 1.807) is 0 Å². The molecule has 24 heavy (non-hydrogen) atoms. The number of hydrogen-bond acceptors (Lipinski definition) is 5. The molecule has 1 atom stereocenters. The first-order valence-corrected chi connectivity index (χ1v) is 9.20. The summed E-state index contributed by atoms with van der Waals surface area (Å²) in [5.41, 5.74) is 5.65. The third-order valence-corrected chi connectivity index (χ3v) is 6.41. The van der Waals surface area contributed by atoms with Crippen LogP contribution in [0.3, 0.4) is 0 Å². The topological polar surface area (TPSA) is 119 Å². The van der Waals surface area contributed by atoms with Crippen LogP contribution in [0.15, 0.2) is 17.0 Å². The fourth-order valence-corrected chi connectivity index (χ4v) is 5.07. The van der Waals surface area contributed by atoms with Gasteiger partial charge < -0.3 is 15.8 Å². The number of rotatable bonds is 3. The Kier molecular flexibility index (Phi) is 4.41. The van der Waals surface area contributed by atoms with Crippen LogP contribution in [0, 0.1) is 0 Å². The number of nitrogens with two attached hydrogens (primary N) is 1. The molecule has 130 valence electrons. The van der Waals surface area contributed by atoms with Gasteiger partial charge in [-0.15, -0.1) is 0 Å². The Morgan fingerprint density at radius 2 is 2.12 bits per heavy atom. The largest absolute Gasteiger partial charge is 0.482 e. The number of hydrogen-bond donors (Lipinski definition) is 2. The number of benzene rings is 1. The highest BCUT2D eigenvalue weighted by molar-refractivity contribution is 7.89. The minimum atomic E-state index is -4.03. The van der Waals surface area contributed by atoms with Crippen molar-refractivity contribution in [3.63, 3.8) is 0 Å². The Bertz CT molecular complexity index is 811. The Hall–Kier alpha value is -1.84. The first-order valence-electron chi connectivity index (χ1n) is 7.38. The van der Waals surface area contributed by atoms with Gasteiger partial charge in [-0.2, -0.15) is 4.31 Å². The zero-order chi connectivity index (χ0) is 17.5. The van der Waals surface area contributed by atoms with E-state index >= 15 is 0 Å². The van der Waals surface area contributed by atoms with E-state index in [2.05, 4.69) is 5.32 Å². The zero-order valence-corrected chi connectivity index (χ0v) is 14.2. The first-order chi connectivity index (χ1) is 11.3. The van der Waals surface area contributed by atoms with E-state index < -0.39 is 22.0 Å². The average Bonchev–Trinajstić information content (AvgIpc) is 2.53. The number of sulfonamides is 1. The van der Waals surface area contributed by atoms with E-state index in [4.69, 9.17) is 22.1 Å². The predicted molar refractivity (Wildman–Crippen MR) is 86.3 cm³/mol. The number of anilines is 1. The third-order valence-electron chi connectivity index (χ3n) is 4.04. The fourth-order valence-electron chi connectivity index (χ4n) is 2.88. The smallest absolute Gasteiger partial charge is 0.262 e. The monoisotopic (exact) mass is 373 g/mol. The lowest BCUT2D eigenvalue weighted by molar-refractivity contribution is -0.122. The number of piperidine rings is 1. The van der Waals surface area contributed by atoms with Gasteiger partial charge in [-0.3, -0.25) is 9.59 Å². The van der Waals surface area contributed by atoms with Crippen molar-refractivity contribution in [2.75, 3.05) is 18.5 Å². The molecular formula is C14H16ClN3O5S. The van der Waals surface area contributed by atoms with Gasteiger partial charge in [-0.25, -0.2) is 8.42 Å². The van der Waals surface area contributed by atoms with Crippen molar-refractivity contribution in [2.45, 2.75) is 30.2 Å². The van der Waals surface area contributed by atoms with E-state index in [1.165, 1.54) is 12.1 Å². The molecule has 2 amide bonds. The summed E-state index contributed by atoms with van der Waals surface area (Å²) in [5.74, 6) is -0.819. The molecule has 0 saturated carbocycles. The molecule has 0 aliphatic carbocycles. The van der Waals surface area contributed by atoms with Crippen LogP contribution in [0.1, 0.15) is 19.3 Å². The van der Waals surface area contributed by atoms with Crippen molar-refractivity contribution in [3.05, 3.63) is 17.2 Å². The second-order valence-electron chi connectivity index (χ2n) is 5.65. The molecular weight excluding hydrogens is 358 g/mol. The fraction of sp³-hybridized carbons (Fsp3) is 0.429. The molecule has 2 heterocycles. The van der Waals surface area contributed by atoms with Crippen LogP contribution < -0.4 is 15.8 Å². The minimum absolute atomic E-state index is 0.0617. The maximum absolute atomic E-state index is 13.0. The minimum Gasteiger partial charge on any atom is -0.482 e. The van der Waals surface area contributed by atoms with Gasteiger partial charge in [-0.1, -0.05) is 18.0 Å². The second-order valence-corrected chi connectivity index (χ2v) is 7.91. The maximum atomic E-state index is 13.0. The summed E-state index contributed by atoms with van der Waals surface area (Å²) in [4.78, 5) is 22.8. The molecule has 1 saturated heterocycles. The highest BCUT2D eigenvalue weighted by atomic mass is 35.5. The van der Waals surface area contributed by atoms with Gasteiger partial charge >= 0.3 is 0 Å². The van der Waals surface area contributed by atoms with Gasteiger partial charge in [0.2, 0.25) is 15.9 Å². The Morgan fingerprint density at radius 1 is 1.38 bits per heavy atom. The molecule has 2 aliphatic rings. The summed E-state index contributed by atoms with van der Waals surface area (Å²) in [5, 5.41) is 2.49. The van der Waals surface area contributed by atoms with E-state index in [0.29, 0.717) is 18.5 Å². The molecule has 0 spiro atoms. The highest BCUT2D eigenvalue weighted by Crippen LogP contribution is 2.38. The lowest BCUT2D eigenvalue weighted by Crippen LogP contribution is -2.50. The van der Waals surface area contributed by atoms with Crippen molar-refractivity contribution in [3.8, 4) is 5.75 Å². The molecule has 1 unspecified atom stereocenters. The van der Waals surface area contributed by atoms with Crippen molar-refractivity contribution >= 4 is 39.1 Å². The molecule has 0 bridgehead atoms. The van der Waals surface area contributed by atoms with E-state index in [9.17, 15) is 18.0 Å². The average molecular weight is 374 g/mol. The lowest BCUT2D eigenvalue weighted by Gasteiger charge is -2.33. The molecule has 10 heteroatoms. The Balaban J connectivity index is 2.03. The molecule has 2 aliphatic heterocycles. The molecule has 3 N–H and O–H groups in total. The first kappa shape index (κ1) is 17.0. The number of nitrogens with one attached hydrogen (secondary N) is 1. The number of primary amides is 1. The van der Waals surface area contributed by atoms with E-state index in [1.807, 2.05) is 0 Å². The van der Waals surface area contributed by atoms with E-state index in [0.717, 1.165) is 10.7 Å². The molecule has 1 aromatic carbocycles. The van der Waals surface area contributed by atoms with Crippen LogP contribution in [0.4, 0.5) is 5.69 Å². The van der Waals surface area contributed by atoms with Crippen LogP contribution >= 0.6 is 11.6 Å². The number of fused-ring (bicyclic) bond motifs is 1. The van der Waals surface area contributed by atoms with Gasteiger partial charge in [0.05, 0.1) is 10.7 Å². The number of carbonyl (C=O) groups is 2. The normalized spacial score (nSPS) is 21.5. The van der Waals surface area contributed by atoms with Gasteiger partial charge in [-0.05, 0) is 18.9 Å². The standard InChI is InChI=1S/C14H16ClN3O5S/c15-8-5-9-11(23-7-13(19)17-9)6-12(8)24(21,22)18-4-2-1-3-10(18)14(16)20/h5-6,10H,1-4,7H2,(H2,16,20)(H,17,19). The van der Waals surface area contributed by atoms with Crippen LogP contribution in [0.2, 0.25) is 5.02 Å². The predicted octanol–water partition coefficient (Wildman–Crippen LogP) is 0.699. The van der Waals surface area contributed by atoms with Gasteiger partial charge in [0.25, 0.3) is 5.91 Å². The third kappa shape index (κ3) is 2.94. The Morgan fingerprint density at radius 3 is 2.83 bits per heavy atom. The summed E-state index contributed by atoms with van der Waals surface area (Å²) in [6.07, 6.45) is 1.74. The molecule has 0 aromatic heterocycles. The zero-order valence-electron chi connectivity index (χ0n) is 12.6. The molecule has 1 fully saturated rings. The van der Waals surface area contributed by atoms with E-state index in [-0.39, 0.29) is 34.7 Å². The summed E-state index contributed by atoms with van der Waals surface area (Å²) >= 11 is 6.11. The van der Waals surface area contributed by atoms with Crippen molar-refractivity contribution in [1.82, 2.24) is 4.31 Å². The van der Waals surface area contributed by atoms with Crippen molar-refractivity contribution in [2.24, 2.45) is 5.73 Å². The lowest BCUT2D eigenvalue weighted by atomic mass is 10.0. The molecule has 1 aromatic rings. The number of nitrogens with zero attached hydrogens (tertiary/aromatic N) is 1. The SMILES string of the molecule is NC(=O)C1CCCCN1S(=O)(=O)c1cc2c(cc1Cl)NC(=O)CO2.